The highest BCUT2D eigenvalue weighted by atomic mass is 32.2. The summed E-state index contributed by atoms with van der Waals surface area (Å²) in [5.74, 6) is 2.23. The summed E-state index contributed by atoms with van der Waals surface area (Å²) in [5.41, 5.74) is -0.127. The third-order valence-corrected chi connectivity index (χ3v) is 4.73. The third kappa shape index (κ3) is 2.92. The Labute approximate surface area is 102 Å². The van der Waals surface area contributed by atoms with E-state index in [1.54, 1.807) is 0 Å². The van der Waals surface area contributed by atoms with Gasteiger partial charge in [-0.15, -0.1) is 0 Å². The Morgan fingerprint density at radius 2 is 2.19 bits per heavy atom. The Balaban J connectivity index is 1.89. The molecule has 3 atom stereocenters. The molecule has 2 aliphatic rings. The second-order valence-corrected chi connectivity index (χ2v) is 7.24. The highest BCUT2D eigenvalue weighted by Crippen LogP contribution is 2.37. The normalized spacial score (nSPS) is 34.6. The molecule has 0 bridgehead atoms. The van der Waals surface area contributed by atoms with Crippen LogP contribution in [0.1, 0.15) is 33.6 Å². The van der Waals surface area contributed by atoms with E-state index in [0.29, 0.717) is 5.25 Å². The Hall–Kier alpha value is -0.220. The molecule has 0 aromatic rings. The van der Waals surface area contributed by atoms with Crippen LogP contribution in [0.3, 0.4) is 0 Å². The number of hydrogen-bond donors (Lipinski definition) is 2. The summed E-state index contributed by atoms with van der Waals surface area (Å²) in [4.78, 5) is 12.0. The molecular weight excluding hydrogens is 220 g/mol. The molecule has 16 heavy (non-hydrogen) atoms. The van der Waals surface area contributed by atoms with Gasteiger partial charge < -0.3 is 10.6 Å². The molecule has 0 radical (unpaired) electrons. The minimum Gasteiger partial charge on any atom is -0.350 e. The van der Waals surface area contributed by atoms with Crippen molar-refractivity contribution >= 4 is 17.7 Å². The van der Waals surface area contributed by atoms with Gasteiger partial charge in [-0.1, -0.05) is 0 Å². The second-order valence-electron chi connectivity index (χ2n) is 5.89. The molecule has 2 aliphatic heterocycles. The Bertz CT molecular complexity index is 275. The van der Waals surface area contributed by atoms with Crippen molar-refractivity contribution in [1.82, 2.24) is 10.6 Å². The van der Waals surface area contributed by atoms with E-state index < -0.39 is 0 Å². The maximum Gasteiger partial charge on any atom is 0.237 e. The molecule has 0 aliphatic carbocycles. The number of carbonyl (C=O) groups is 1. The van der Waals surface area contributed by atoms with Gasteiger partial charge in [0, 0.05) is 10.8 Å². The summed E-state index contributed by atoms with van der Waals surface area (Å²) in [7, 11) is 0. The quantitative estimate of drug-likeness (QED) is 0.730. The number of rotatable bonds is 1. The zero-order valence-corrected chi connectivity index (χ0v) is 11.2. The minimum absolute atomic E-state index is 0.0195. The van der Waals surface area contributed by atoms with Crippen LogP contribution in [0, 0.1) is 5.92 Å². The lowest BCUT2D eigenvalue weighted by Crippen LogP contribution is -2.55. The first kappa shape index (κ1) is 12.2. The third-order valence-electron chi connectivity index (χ3n) is 3.26. The smallest absolute Gasteiger partial charge is 0.237 e. The number of carbonyl (C=O) groups excluding carboxylic acids is 1. The van der Waals surface area contributed by atoms with Gasteiger partial charge in [-0.25, -0.2) is 0 Å². The van der Waals surface area contributed by atoms with Crippen LogP contribution in [0.2, 0.25) is 0 Å². The minimum atomic E-state index is -0.127. The highest BCUT2D eigenvalue weighted by molar-refractivity contribution is 8.00. The molecule has 0 aromatic heterocycles. The van der Waals surface area contributed by atoms with Crippen molar-refractivity contribution in [1.29, 1.82) is 0 Å². The number of nitrogens with one attached hydrogen (secondary N) is 2. The molecule has 2 N–H and O–H groups in total. The van der Waals surface area contributed by atoms with Crippen molar-refractivity contribution in [3.05, 3.63) is 0 Å². The Kier molecular flexibility index (Phi) is 3.50. The van der Waals surface area contributed by atoms with Gasteiger partial charge in [0.15, 0.2) is 0 Å². The molecule has 92 valence electrons. The SMILES string of the molecule is CC(C)(C)NC(=O)[C@@H]1CC2SCC[C@@H]2CN1. The molecule has 2 fully saturated rings. The van der Waals surface area contributed by atoms with Crippen LogP contribution in [-0.4, -0.2) is 35.0 Å². The van der Waals surface area contributed by atoms with Crippen molar-refractivity contribution < 1.29 is 4.79 Å². The average molecular weight is 242 g/mol. The standard InChI is InChI=1S/C12H22N2OS/c1-12(2,3)14-11(15)9-6-10-8(7-13-9)4-5-16-10/h8-10,13H,4-7H2,1-3H3,(H,14,15)/t8-,9+,10?/m1/s1. The first-order valence-corrected chi connectivity index (χ1v) is 7.17. The molecule has 2 saturated heterocycles. The number of amides is 1. The predicted molar refractivity (Wildman–Crippen MR) is 68.7 cm³/mol. The molecule has 0 spiro atoms. The average Bonchev–Trinajstić information content (AvgIpc) is 2.61. The van der Waals surface area contributed by atoms with E-state index in [9.17, 15) is 4.79 Å². The maximum absolute atomic E-state index is 12.0. The van der Waals surface area contributed by atoms with Crippen molar-refractivity contribution in [2.45, 2.75) is 50.4 Å². The summed E-state index contributed by atoms with van der Waals surface area (Å²) in [6, 6.07) is 0.0195. The zero-order chi connectivity index (χ0) is 11.8. The zero-order valence-electron chi connectivity index (χ0n) is 10.4. The van der Waals surface area contributed by atoms with Gasteiger partial charge in [0.05, 0.1) is 6.04 Å². The molecule has 2 heterocycles. The number of fused-ring (bicyclic) bond motifs is 1. The molecule has 0 saturated carbocycles. The fourth-order valence-corrected chi connectivity index (χ4v) is 4.03. The topological polar surface area (TPSA) is 41.1 Å². The lowest BCUT2D eigenvalue weighted by atomic mass is 9.92. The summed E-state index contributed by atoms with van der Waals surface area (Å²) in [5, 5.41) is 7.15. The second kappa shape index (κ2) is 4.57. The van der Waals surface area contributed by atoms with E-state index in [0.717, 1.165) is 18.9 Å². The fraction of sp³-hybridized carbons (Fsp3) is 0.917. The summed E-state index contributed by atoms with van der Waals surface area (Å²) in [6.45, 7) is 7.10. The highest BCUT2D eigenvalue weighted by Gasteiger charge is 2.37. The monoisotopic (exact) mass is 242 g/mol. The number of hydrogen-bond acceptors (Lipinski definition) is 3. The van der Waals surface area contributed by atoms with E-state index in [2.05, 4.69) is 10.6 Å². The largest absolute Gasteiger partial charge is 0.350 e. The van der Waals surface area contributed by atoms with Gasteiger partial charge in [-0.05, 0) is 51.8 Å². The van der Waals surface area contributed by atoms with E-state index >= 15 is 0 Å². The molecule has 4 heteroatoms. The van der Waals surface area contributed by atoms with E-state index in [1.807, 2.05) is 32.5 Å². The first-order valence-electron chi connectivity index (χ1n) is 6.13. The van der Waals surface area contributed by atoms with E-state index in [-0.39, 0.29) is 17.5 Å². The molecule has 1 unspecified atom stereocenters. The van der Waals surface area contributed by atoms with Crippen LogP contribution < -0.4 is 10.6 Å². The van der Waals surface area contributed by atoms with E-state index in [4.69, 9.17) is 0 Å². The van der Waals surface area contributed by atoms with Gasteiger partial charge in [-0.2, -0.15) is 11.8 Å². The van der Waals surface area contributed by atoms with Crippen molar-refractivity contribution in [2.24, 2.45) is 5.92 Å². The fourth-order valence-electron chi connectivity index (χ4n) is 2.45. The van der Waals surface area contributed by atoms with Crippen LogP contribution in [-0.2, 0) is 4.79 Å². The van der Waals surface area contributed by atoms with Crippen molar-refractivity contribution in [2.75, 3.05) is 12.3 Å². The van der Waals surface area contributed by atoms with Crippen LogP contribution >= 0.6 is 11.8 Å². The first-order chi connectivity index (χ1) is 7.46. The van der Waals surface area contributed by atoms with Gasteiger partial charge in [0.25, 0.3) is 0 Å². The molecule has 2 rings (SSSR count). The lowest BCUT2D eigenvalue weighted by Gasteiger charge is -2.33. The number of piperidine rings is 1. The maximum atomic E-state index is 12.0. The molecule has 3 nitrogen and oxygen atoms in total. The summed E-state index contributed by atoms with van der Waals surface area (Å²) >= 11 is 2.05. The van der Waals surface area contributed by atoms with Crippen LogP contribution in [0.15, 0.2) is 0 Å². The predicted octanol–water partition coefficient (Wildman–Crippen LogP) is 1.38. The van der Waals surface area contributed by atoms with Crippen LogP contribution in [0.5, 0.6) is 0 Å². The summed E-state index contributed by atoms with van der Waals surface area (Å²) < 4.78 is 0. The Morgan fingerprint density at radius 3 is 2.88 bits per heavy atom. The van der Waals surface area contributed by atoms with Gasteiger partial charge in [-0.3, -0.25) is 4.79 Å². The lowest BCUT2D eigenvalue weighted by molar-refractivity contribution is -0.125. The van der Waals surface area contributed by atoms with Crippen molar-refractivity contribution in [3.8, 4) is 0 Å². The van der Waals surface area contributed by atoms with Crippen LogP contribution in [0.25, 0.3) is 0 Å². The number of thioether (sulfide) groups is 1. The van der Waals surface area contributed by atoms with Crippen molar-refractivity contribution in [3.63, 3.8) is 0 Å². The van der Waals surface area contributed by atoms with Crippen LogP contribution in [0.4, 0.5) is 0 Å². The molecule has 1 amide bonds. The molecule has 0 aromatic carbocycles. The van der Waals surface area contributed by atoms with Gasteiger partial charge in [0.1, 0.15) is 0 Å². The summed E-state index contributed by atoms with van der Waals surface area (Å²) in [6.07, 6.45) is 2.31. The van der Waals surface area contributed by atoms with Gasteiger partial charge in [0.2, 0.25) is 5.91 Å². The van der Waals surface area contributed by atoms with E-state index in [1.165, 1.54) is 12.2 Å². The Morgan fingerprint density at radius 1 is 1.44 bits per heavy atom. The van der Waals surface area contributed by atoms with Gasteiger partial charge >= 0.3 is 0 Å². The molecular formula is C12H22N2OS.